The first-order valence-corrected chi connectivity index (χ1v) is 6.32. The average molecular weight is 330 g/mol. The van der Waals surface area contributed by atoms with E-state index in [9.17, 15) is 4.79 Å². The third kappa shape index (κ3) is 4.73. The number of rotatable bonds is 5. The van der Waals surface area contributed by atoms with Crippen molar-refractivity contribution in [2.75, 3.05) is 17.7 Å². The van der Waals surface area contributed by atoms with Gasteiger partial charge in [0.2, 0.25) is 0 Å². The van der Waals surface area contributed by atoms with E-state index >= 15 is 0 Å². The molecule has 0 bridgehead atoms. The first kappa shape index (κ1) is 14.5. The lowest BCUT2D eigenvalue weighted by Crippen LogP contribution is -2.26. The lowest BCUT2D eigenvalue weighted by Gasteiger charge is -2.02. The number of anilines is 1. The minimum absolute atomic E-state index is 0.0372. The number of alkyl halides is 1. The number of pyridine rings is 1. The van der Waals surface area contributed by atoms with E-state index in [0.29, 0.717) is 18.2 Å². The van der Waals surface area contributed by atoms with Crippen molar-refractivity contribution < 1.29 is 4.79 Å². The van der Waals surface area contributed by atoms with Crippen LogP contribution in [0.4, 0.5) is 5.82 Å². The number of nitrogens with zero attached hydrogens (tertiary/aromatic N) is 2. The summed E-state index contributed by atoms with van der Waals surface area (Å²) >= 11 is 8.69. The standard InChI is InChI=1S/C11H10BrClN4O/c12-9-1-2-10(17-7-9)16-6-8(5-14)11(18)15-4-3-13/h1-2,6-7H,3-4H2,(H,15,18)(H,16,17)/b8-6-. The number of carbonyl (C=O) groups is 1. The van der Waals surface area contributed by atoms with Crippen LogP contribution in [0.5, 0.6) is 0 Å². The zero-order chi connectivity index (χ0) is 13.4. The van der Waals surface area contributed by atoms with E-state index in [0.717, 1.165) is 4.47 Å². The quantitative estimate of drug-likeness (QED) is 0.492. The van der Waals surface area contributed by atoms with Crippen LogP contribution in [-0.2, 0) is 4.79 Å². The van der Waals surface area contributed by atoms with E-state index in [1.165, 1.54) is 6.20 Å². The molecule has 0 aromatic carbocycles. The molecule has 0 unspecified atom stereocenters. The fourth-order valence-corrected chi connectivity index (χ4v) is 1.34. The van der Waals surface area contributed by atoms with Gasteiger partial charge >= 0.3 is 0 Å². The number of nitriles is 1. The first-order chi connectivity index (χ1) is 8.67. The van der Waals surface area contributed by atoms with Crippen LogP contribution in [0.3, 0.4) is 0 Å². The molecular weight excluding hydrogens is 320 g/mol. The summed E-state index contributed by atoms with van der Waals surface area (Å²) in [5.41, 5.74) is -0.0372. The van der Waals surface area contributed by atoms with Crippen LogP contribution in [0.15, 0.2) is 34.6 Å². The van der Waals surface area contributed by atoms with E-state index in [1.54, 1.807) is 24.4 Å². The van der Waals surface area contributed by atoms with E-state index in [1.807, 2.05) is 0 Å². The van der Waals surface area contributed by atoms with Crippen molar-refractivity contribution in [3.63, 3.8) is 0 Å². The normalized spacial score (nSPS) is 10.6. The minimum atomic E-state index is -0.470. The molecule has 1 aromatic heterocycles. The summed E-state index contributed by atoms with van der Waals surface area (Å²) in [6.45, 7) is 0.315. The van der Waals surface area contributed by atoms with Gasteiger partial charge in [-0.3, -0.25) is 4.79 Å². The van der Waals surface area contributed by atoms with Crippen LogP contribution in [0, 0.1) is 11.3 Å². The Hall–Kier alpha value is -1.58. The van der Waals surface area contributed by atoms with Crippen molar-refractivity contribution in [1.29, 1.82) is 5.26 Å². The maximum absolute atomic E-state index is 11.5. The largest absolute Gasteiger partial charge is 0.350 e. The highest BCUT2D eigenvalue weighted by Crippen LogP contribution is 2.10. The molecule has 0 aliphatic rings. The van der Waals surface area contributed by atoms with Gasteiger partial charge in [0.1, 0.15) is 17.5 Å². The predicted octanol–water partition coefficient (Wildman–Crippen LogP) is 2.02. The second-order valence-electron chi connectivity index (χ2n) is 3.12. The maximum Gasteiger partial charge on any atom is 0.263 e. The molecule has 1 amide bonds. The molecule has 0 spiro atoms. The molecule has 0 saturated carbocycles. The van der Waals surface area contributed by atoms with Crippen LogP contribution < -0.4 is 10.6 Å². The Morgan fingerprint density at radius 2 is 2.39 bits per heavy atom. The van der Waals surface area contributed by atoms with E-state index in [4.69, 9.17) is 16.9 Å². The van der Waals surface area contributed by atoms with E-state index in [-0.39, 0.29) is 5.57 Å². The summed E-state index contributed by atoms with van der Waals surface area (Å²) < 4.78 is 0.845. The fourth-order valence-electron chi connectivity index (χ4n) is 1.01. The Labute approximate surface area is 118 Å². The molecule has 1 heterocycles. The lowest BCUT2D eigenvalue weighted by molar-refractivity contribution is -0.117. The molecule has 0 radical (unpaired) electrons. The molecular formula is C11H10BrClN4O. The van der Waals surface area contributed by atoms with Gasteiger partial charge in [-0.25, -0.2) is 4.98 Å². The van der Waals surface area contributed by atoms with Gasteiger partial charge in [-0.1, -0.05) is 0 Å². The number of hydrogen-bond donors (Lipinski definition) is 2. The number of amides is 1. The Morgan fingerprint density at radius 1 is 1.61 bits per heavy atom. The topological polar surface area (TPSA) is 77.8 Å². The highest BCUT2D eigenvalue weighted by atomic mass is 79.9. The maximum atomic E-state index is 11.5. The molecule has 7 heteroatoms. The van der Waals surface area contributed by atoms with Crippen LogP contribution >= 0.6 is 27.5 Å². The summed E-state index contributed by atoms with van der Waals surface area (Å²) in [6.07, 6.45) is 2.91. The van der Waals surface area contributed by atoms with Crippen LogP contribution in [0.25, 0.3) is 0 Å². The van der Waals surface area contributed by atoms with E-state index in [2.05, 4.69) is 31.5 Å². The fraction of sp³-hybridized carbons (Fsp3) is 0.182. The first-order valence-electron chi connectivity index (χ1n) is 5.00. The van der Waals surface area contributed by atoms with Crippen molar-refractivity contribution in [3.8, 4) is 6.07 Å². The Kier molecular flexibility index (Phi) is 6.19. The SMILES string of the molecule is N#C/C(=C/Nc1ccc(Br)cn1)C(=O)NCCCl. The van der Waals surface area contributed by atoms with Gasteiger partial charge in [0, 0.05) is 29.3 Å². The van der Waals surface area contributed by atoms with Crippen molar-refractivity contribution in [1.82, 2.24) is 10.3 Å². The Balaban J connectivity index is 2.66. The zero-order valence-corrected chi connectivity index (χ0v) is 11.6. The van der Waals surface area contributed by atoms with Gasteiger partial charge in [-0.15, -0.1) is 11.6 Å². The molecule has 0 saturated heterocycles. The van der Waals surface area contributed by atoms with Gasteiger partial charge in [-0.05, 0) is 28.1 Å². The van der Waals surface area contributed by atoms with Gasteiger partial charge in [0.05, 0.1) is 0 Å². The monoisotopic (exact) mass is 328 g/mol. The molecule has 2 N–H and O–H groups in total. The number of halogens is 2. The number of carbonyl (C=O) groups excluding carboxylic acids is 1. The third-order valence-electron chi connectivity index (χ3n) is 1.84. The molecule has 0 aliphatic heterocycles. The number of nitrogens with one attached hydrogen (secondary N) is 2. The molecule has 5 nitrogen and oxygen atoms in total. The smallest absolute Gasteiger partial charge is 0.263 e. The highest BCUT2D eigenvalue weighted by Gasteiger charge is 2.07. The molecule has 94 valence electrons. The molecule has 1 rings (SSSR count). The summed E-state index contributed by atoms with van der Waals surface area (Å²) in [5, 5.41) is 14.1. The summed E-state index contributed by atoms with van der Waals surface area (Å²) in [5.74, 6) is 0.366. The zero-order valence-electron chi connectivity index (χ0n) is 9.28. The van der Waals surface area contributed by atoms with Gasteiger partial charge in [0.25, 0.3) is 5.91 Å². The van der Waals surface area contributed by atoms with Gasteiger partial charge < -0.3 is 10.6 Å². The van der Waals surface area contributed by atoms with Crippen LogP contribution in [0.2, 0.25) is 0 Å². The van der Waals surface area contributed by atoms with Gasteiger partial charge in [-0.2, -0.15) is 5.26 Å². The predicted molar refractivity (Wildman–Crippen MR) is 73.0 cm³/mol. The third-order valence-corrected chi connectivity index (χ3v) is 2.49. The Bertz CT molecular complexity index is 481. The summed E-state index contributed by atoms with van der Waals surface area (Å²) in [6, 6.07) is 5.31. The second-order valence-corrected chi connectivity index (χ2v) is 4.41. The second kappa shape index (κ2) is 7.69. The molecule has 0 aliphatic carbocycles. The summed E-state index contributed by atoms with van der Waals surface area (Å²) in [4.78, 5) is 15.5. The highest BCUT2D eigenvalue weighted by molar-refractivity contribution is 9.10. The van der Waals surface area contributed by atoms with Crippen molar-refractivity contribution >= 4 is 39.3 Å². The van der Waals surface area contributed by atoms with Crippen LogP contribution in [-0.4, -0.2) is 23.3 Å². The average Bonchev–Trinajstić information content (AvgIpc) is 2.39. The Morgan fingerprint density at radius 3 is 2.94 bits per heavy atom. The molecule has 18 heavy (non-hydrogen) atoms. The van der Waals surface area contributed by atoms with Crippen molar-refractivity contribution in [2.45, 2.75) is 0 Å². The van der Waals surface area contributed by atoms with Crippen molar-refractivity contribution in [2.24, 2.45) is 0 Å². The number of hydrogen-bond acceptors (Lipinski definition) is 4. The van der Waals surface area contributed by atoms with Crippen molar-refractivity contribution in [3.05, 3.63) is 34.6 Å². The number of aromatic nitrogens is 1. The van der Waals surface area contributed by atoms with Crippen LogP contribution in [0.1, 0.15) is 0 Å². The van der Waals surface area contributed by atoms with E-state index < -0.39 is 5.91 Å². The lowest BCUT2D eigenvalue weighted by atomic mass is 10.3. The molecule has 1 aromatic rings. The summed E-state index contributed by atoms with van der Waals surface area (Å²) in [7, 11) is 0. The molecule has 0 atom stereocenters. The molecule has 0 fully saturated rings. The minimum Gasteiger partial charge on any atom is -0.350 e. The van der Waals surface area contributed by atoms with Gasteiger partial charge in [0.15, 0.2) is 0 Å².